The van der Waals surface area contributed by atoms with Crippen LogP contribution in [0.25, 0.3) is 0 Å². The van der Waals surface area contributed by atoms with Gasteiger partial charge in [0.05, 0.1) is 19.5 Å². The van der Waals surface area contributed by atoms with Gasteiger partial charge in [-0.15, -0.1) is 0 Å². The van der Waals surface area contributed by atoms with Gasteiger partial charge < -0.3 is 10.1 Å². The molecule has 0 spiro atoms. The molecule has 0 atom stereocenters. The van der Waals surface area contributed by atoms with Crippen LogP contribution in [0.5, 0.6) is 0 Å². The highest BCUT2D eigenvalue weighted by atomic mass is 16.5. The first kappa shape index (κ1) is 12.9. The minimum atomic E-state index is -0.503. The lowest BCUT2D eigenvalue weighted by molar-refractivity contribution is 0.0593. The van der Waals surface area contributed by atoms with Crippen LogP contribution in [0.2, 0.25) is 0 Å². The molecule has 100 valence electrons. The Morgan fingerprint density at radius 2 is 2.21 bits per heavy atom. The fourth-order valence-electron chi connectivity index (χ4n) is 1.43. The van der Waals surface area contributed by atoms with E-state index in [1.165, 1.54) is 19.5 Å². The Bertz CT molecular complexity index is 551. The average molecular weight is 262 g/mol. The monoisotopic (exact) mass is 262 g/mol. The van der Waals surface area contributed by atoms with Crippen LogP contribution in [-0.2, 0) is 18.2 Å². The van der Waals surface area contributed by atoms with Gasteiger partial charge in [-0.2, -0.15) is 5.10 Å². The second-order valence-corrected chi connectivity index (χ2v) is 3.79. The summed E-state index contributed by atoms with van der Waals surface area (Å²) in [4.78, 5) is 23.3. The number of anilines is 1. The molecule has 2 aromatic rings. The van der Waals surface area contributed by atoms with Crippen LogP contribution in [0.15, 0.2) is 18.7 Å². The first-order chi connectivity index (χ1) is 9.19. The number of hydrogen-bond donors (Lipinski definition) is 1. The molecule has 8 nitrogen and oxygen atoms in total. The second-order valence-electron chi connectivity index (χ2n) is 3.79. The first-order valence-corrected chi connectivity index (χ1v) is 5.68. The molecule has 0 saturated carbocycles. The van der Waals surface area contributed by atoms with E-state index in [1.54, 1.807) is 11.0 Å². The smallest absolute Gasteiger partial charge is 0.358 e. The molecule has 0 aliphatic heterocycles. The maximum absolute atomic E-state index is 11.2. The minimum Gasteiger partial charge on any atom is -0.464 e. The van der Waals surface area contributed by atoms with Crippen molar-refractivity contribution in [2.24, 2.45) is 7.05 Å². The molecule has 8 heteroatoms. The van der Waals surface area contributed by atoms with Gasteiger partial charge in [0.15, 0.2) is 11.5 Å². The number of nitrogens with zero attached hydrogens (tertiary/aromatic N) is 5. The molecule has 2 aromatic heterocycles. The van der Waals surface area contributed by atoms with E-state index in [0.717, 1.165) is 5.82 Å². The molecule has 2 rings (SSSR count). The molecule has 19 heavy (non-hydrogen) atoms. The predicted octanol–water partition coefficient (Wildman–Crippen LogP) is 0.0463. The third-order valence-corrected chi connectivity index (χ3v) is 2.35. The quantitative estimate of drug-likeness (QED) is 0.760. The lowest BCUT2D eigenvalue weighted by Gasteiger charge is -2.03. The van der Waals surface area contributed by atoms with E-state index in [-0.39, 0.29) is 5.69 Å². The fraction of sp³-hybridized carbons (Fsp3) is 0.364. The lowest BCUT2D eigenvalue weighted by atomic mass is 10.4. The average Bonchev–Trinajstić information content (AvgIpc) is 2.84. The zero-order valence-electron chi connectivity index (χ0n) is 10.7. The van der Waals surface area contributed by atoms with Crippen molar-refractivity contribution in [2.45, 2.75) is 6.42 Å². The third kappa shape index (κ3) is 3.47. The van der Waals surface area contributed by atoms with Gasteiger partial charge in [0, 0.05) is 20.0 Å². The van der Waals surface area contributed by atoms with Crippen LogP contribution in [0.1, 0.15) is 16.3 Å². The minimum absolute atomic E-state index is 0.180. The van der Waals surface area contributed by atoms with Gasteiger partial charge in [0.1, 0.15) is 12.1 Å². The first-order valence-electron chi connectivity index (χ1n) is 5.68. The Morgan fingerprint density at radius 1 is 1.37 bits per heavy atom. The van der Waals surface area contributed by atoms with Gasteiger partial charge in [-0.05, 0) is 0 Å². The van der Waals surface area contributed by atoms with E-state index in [1.807, 2.05) is 7.05 Å². The van der Waals surface area contributed by atoms with E-state index >= 15 is 0 Å². The van der Waals surface area contributed by atoms with Crippen molar-refractivity contribution in [1.29, 1.82) is 0 Å². The summed E-state index contributed by atoms with van der Waals surface area (Å²) in [6.07, 6.45) is 5.19. The number of aryl methyl sites for hydroxylation is 1. The van der Waals surface area contributed by atoms with Crippen molar-refractivity contribution < 1.29 is 9.53 Å². The second kappa shape index (κ2) is 5.89. The number of ether oxygens (including phenoxy) is 1. The van der Waals surface area contributed by atoms with E-state index in [2.05, 4.69) is 30.1 Å². The number of aromatic nitrogens is 5. The number of carbonyl (C=O) groups excluding carboxylic acids is 1. The highest BCUT2D eigenvalue weighted by Crippen LogP contribution is 2.02. The number of esters is 1. The number of hydrogen-bond acceptors (Lipinski definition) is 7. The summed E-state index contributed by atoms with van der Waals surface area (Å²) >= 11 is 0. The highest BCUT2D eigenvalue weighted by molar-refractivity contribution is 5.86. The summed E-state index contributed by atoms with van der Waals surface area (Å²) in [6, 6.07) is 0. The highest BCUT2D eigenvalue weighted by Gasteiger charge is 2.07. The van der Waals surface area contributed by atoms with E-state index in [0.29, 0.717) is 18.8 Å². The van der Waals surface area contributed by atoms with Crippen molar-refractivity contribution >= 4 is 11.8 Å². The van der Waals surface area contributed by atoms with Crippen molar-refractivity contribution in [2.75, 3.05) is 19.0 Å². The van der Waals surface area contributed by atoms with Crippen molar-refractivity contribution in [3.05, 3.63) is 30.2 Å². The maximum Gasteiger partial charge on any atom is 0.358 e. The van der Waals surface area contributed by atoms with Gasteiger partial charge in [0.25, 0.3) is 0 Å². The van der Waals surface area contributed by atoms with Crippen LogP contribution in [-0.4, -0.2) is 44.4 Å². The summed E-state index contributed by atoms with van der Waals surface area (Å²) in [5.41, 5.74) is 0.180. The molecule has 0 aromatic carbocycles. The Hall–Kier alpha value is -2.51. The normalized spacial score (nSPS) is 10.2. The largest absolute Gasteiger partial charge is 0.464 e. The zero-order valence-corrected chi connectivity index (χ0v) is 10.7. The standard InChI is InChI=1S/C11H14N6O2/c1-17-7-15-9(16-17)3-4-12-10-6-13-8(5-14-10)11(18)19-2/h5-7H,3-4H2,1-2H3,(H,12,14). The Kier molecular flexibility index (Phi) is 4.01. The molecule has 2 heterocycles. The number of nitrogens with one attached hydrogen (secondary N) is 1. The van der Waals surface area contributed by atoms with E-state index in [9.17, 15) is 4.79 Å². The summed E-state index contributed by atoms with van der Waals surface area (Å²) in [5.74, 6) is 0.842. The van der Waals surface area contributed by atoms with Crippen molar-refractivity contribution in [3.63, 3.8) is 0 Å². The lowest BCUT2D eigenvalue weighted by Crippen LogP contribution is -2.10. The van der Waals surface area contributed by atoms with Gasteiger partial charge in [-0.25, -0.2) is 19.7 Å². The third-order valence-electron chi connectivity index (χ3n) is 2.35. The predicted molar refractivity (Wildman–Crippen MR) is 66.6 cm³/mol. The van der Waals surface area contributed by atoms with Gasteiger partial charge in [-0.3, -0.25) is 4.68 Å². The molecule has 0 amide bonds. The van der Waals surface area contributed by atoms with Gasteiger partial charge in [-0.1, -0.05) is 0 Å². The Balaban J connectivity index is 1.84. The van der Waals surface area contributed by atoms with Crippen molar-refractivity contribution in [3.8, 4) is 0 Å². The van der Waals surface area contributed by atoms with Crippen LogP contribution >= 0.6 is 0 Å². The van der Waals surface area contributed by atoms with Crippen LogP contribution in [0, 0.1) is 0 Å². The molecule has 0 saturated heterocycles. The van der Waals surface area contributed by atoms with Crippen LogP contribution < -0.4 is 5.32 Å². The fourth-order valence-corrected chi connectivity index (χ4v) is 1.43. The number of carbonyl (C=O) groups is 1. The number of rotatable bonds is 5. The van der Waals surface area contributed by atoms with Crippen molar-refractivity contribution in [1.82, 2.24) is 24.7 Å². The Labute approximate surface area is 109 Å². The van der Waals surface area contributed by atoms with Crippen LogP contribution in [0.4, 0.5) is 5.82 Å². The van der Waals surface area contributed by atoms with Crippen LogP contribution in [0.3, 0.4) is 0 Å². The van der Waals surface area contributed by atoms with Gasteiger partial charge >= 0.3 is 5.97 Å². The molecule has 0 aliphatic rings. The summed E-state index contributed by atoms with van der Waals surface area (Å²) in [5, 5.41) is 7.23. The number of methoxy groups -OCH3 is 1. The zero-order chi connectivity index (χ0) is 13.7. The Morgan fingerprint density at radius 3 is 2.79 bits per heavy atom. The SMILES string of the molecule is COC(=O)c1cnc(NCCc2ncn(C)n2)cn1. The van der Waals surface area contributed by atoms with Gasteiger partial charge in [0.2, 0.25) is 0 Å². The molecule has 0 aliphatic carbocycles. The summed E-state index contributed by atoms with van der Waals surface area (Å²) in [7, 11) is 3.12. The molecule has 1 N–H and O–H groups in total. The van der Waals surface area contributed by atoms with E-state index < -0.39 is 5.97 Å². The summed E-state index contributed by atoms with van der Waals surface area (Å²) < 4.78 is 6.19. The molecular formula is C11H14N6O2. The molecule has 0 bridgehead atoms. The topological polar surface area (TPSA) is 94.8 Å². The molecule has 0 fully saturated rings. The molecule has 0 radical (unpaired) electrons. The van der Waals surface area contributed by atoms with E-state index in [4.69, 9.17) is 0 Å². The molecule has 0 unspecified atom stereocenters. The summed E-state index contributed by atoms with van der Waals surface area (Å²) in [6.45, 7) is 0.635. The maximum atomic E-state index is 11.2. The molecular weight excluding hydrogens is 248 g/mol.